The fourth-order valence-corrected chi connectivity index (χ4v) is 10.4. The van der Waals surface area contributed by atoms with Crippen molar-refractivity contribution in [3.8, 4) is 0 Å². The van der Waals surface area contributed by atoms with Crippen LogP contribution < -0.4 is 5.32 Å². The first-order valence-corrected chi connectivity index (χ1v) is 16.6. The average Bonchev–Trinajstić information content (AvgIpc) is 3.48. The van der Waals surface area contributed by atoms with Crippen LogP contribution in [-0.4, -0.2) is 65.1 Å². The summed E-state index contributed by atoms with van der Waals surface area (Å²) < 4.78 is 46.9. The first-order valence-electron chi connectivity index (χ1n) is 15.8. The molecule has 3 N–H and O–H groups in total. The van der Waals surface area contributed by atoms with Crippen molar-refractivity contribution >= 4 is 29.0 Å². The van der Waals surface area contributed by atoms with Crippen molar-refractivity contribution in [2.75, 3.05) is 19.0 Å². The van der Waals surface area contributed by atoms with Gasteiger partial charge in [-0.1, -0.05) is 36.9 Å². The quantitative estimate of drug-likeness (QED) is 0.366. The van der Waals surface area contributed by atoms with Gasteiger partial charge in [-0.2, -0.15) is 0 Å². The van der Waals surface area contributed by atoms with Gasteiger partial charge < -0.3 is 25.0 Å². The Kier molecular flexibility index (Phi) is 7.27. The maximum absolute atomic E-state index is 17.6. The van der Waals surface area contributed by atoms with Crippen LogP contribution in [0.25, 0.3) is 0 Å². The van der Waals surface area contributed by atoms with E-state index >= 15 is 8.78 Å². The second-order valence-corrected chi connectivity index (χ2v) is 15.1. The van der Waals surface area contributed by atoms with Crippen LogP contribution in [0.3, 0.4) is 0 Å². The number of carbonyl (C=O) groups excluding carboxylic acids is 2. The smallest absolute Gasteiger partial charge is 0.193 e. The van der Waals surface area contributed by atoms with E-state index in [2.05, 4.69) is 5.32 Å². The van der Waals surface area contributed by atoms with Gasteiger partial charge in [-0.05, 0) is 93.2 Å². The van der Waals surface area contributed by atoms with Gasteiger partial charge in [0.15, 0.2) is 28.6 Å². The number of hydrogen-bond acceptors (Lipinski definition) is 8. The minimum absolute atomic E-state index is 0.0393. The third-order valence-corrected chi connectivity index (χ3v) is 12.8. The van der Waals surface area contributed by atoms with Gasteiger partial charge in [0.05, 0.1) is 12.2 Å². The van der Waals surface area contributed by atoms with E-state index in [1.54, 1.807) is 32.5 Å². The van der Waals surface area contributed by atoms with Gasteiger partial charge in [0.1, 0.15) is 12.8 Å². The number of carbonyl (C=O) groups is 2. The number of anilines is 1. The lowest BCUT2D eigenvalue weighted by molar-refractivity contribution is -0.256. The molecule has 3 saturated carbocycles. The zero-order chi connectivity index (χ0) is 32.9. The highest BCUT2D eigenvalue weighted by atomic mass is 32.2. The van der Waals surface area contributed by atoms with Crippen LogP contribution in [0, 0.1) is 22.7 Å². The van der Waals surface area contributed by atoms with Crippen molar-refractivity contribution in [2.45, 2.75) is 85.3 Å². The Morgan fingerprint density at radius 3 is 2.33 bits per heavy atom. The highest BCUT2D eigenvalue weighted by Crippen LogP contribution is 2.73. The Bertz CT molecular complexity index is 1650. The summed E-state index contributed by atoms with van der Waals surface area (Å²) in [5.74, 6) is -4.00. The number of fused-ring (bicyclic) bond motifs is 7. The van der Waals surface area contributed by atoms with Crippen molar-refractivity contribution in [1.29, 1.82) is 0 Å². The van der Waals surface area contributed by atoms with E-state index in [1.807, 2.05) is 55.6 Å². The van der Waals surface area contributed by atoms with Crippen molar-refractivity contribution in [1.82, 2.24) is 0 Å². The number of aliphatic hydroxyl groups excluding tert-OH is 2. The van der Waals surface area contributed by atoms with Crippen molar-refractivity contribution in [2.24, 2.45) is 22.7 Å². The Labute approximate surface area is 271 Å². The summed E-state index contributed by atoms with van der Waals surface area (Å²) in [6.07, 6.45) is -0.522. The molecule has 1 saturated heterocycles. The SMILES string of the molecule is CNc1ccc(Sc2ccc([C@]3(C)O[C@@H]4C[C@H]5[C@@H]6C[C@H](F)C7=CC(=O)C=C[C@]7(C)[C@@]6(F)[C@@H](O)C[C@]5(C)[C@]4(C(=O)CO)O3)cc2)cc1. The summed E-state index contributed by atoms with van der Waals surface area (Å²) in [4.78, 5) is 28.1. The van der Waals surface area contributed by atoms with Gasteiger partial charge in [0.2, 0.25) is 0 Å². The molecule has 10 heteroatoms. The fourth-order valence-electron chi connectivity index (χ4n) is 9.55. The lowest BCUT2D eigenvalue weighted by atomic mass is 9.44. The van der Waals surface area contributed by atoms with Gasteiger partial charge in [0.25, 0.3) is 0 Å². The number of nitrogens with one attached hydrogen (secondary N) is 1. The van der Waals surface area contributed by atoms with E-state index in [0.29, 0.717) is 5.56 Å². The number of benzene rings is 2. The van der Waals surface area contributed by atoms with E-state index in [1.165, 1.54) is 12.2 Å². The molecule has 1 aliphatic heterocycles. The van der Waals surface area contributed by atoms with Crippen molar-refractivity contribution in [3.63, 3.8) is 0 Å². The molecule has 7 nitrogen and oxygen atoms in total. The van der Waals surface area contributed by atoms with Gasteiger partial charge in [-0.15, -0.1) is 0 Å². The molecule has 0 aromatic heterocycles. The van der Waals surface area contributed by atoms with E-state index < -0.39 is 76.3 Å². The minimum Gasteiger partial charge on any atom is -0.390 e. The minimum atomic E-state index is -2.30. The Morgan fingerprint density at radius 2 is 1.70 bits per heavy atom. The van der Waals surface area contributed by atoms with Crippen LogP contribution in [-0.2, 0) is 24.8 Å². The highest BCUT2D eigenvalue weighted by molar-refractivity contribution is 7.99. The Hall–Kier alpha value is -2.89. The van der Waals surface area contributed by atoms with E-state index in [4.69, 9.17) is 9.47 Å². The Balaban J connectivity index is 1.22. The van der Waals surface area contributed by atoms with E-state index in [0.717, 1.165) is 21.6 Å². The molecule has 1 heterocycles. The third-order valence-electron chi connectivity index (χ3n) is 11.8. The largest absolute Gasteiger partial charge is 0.390 e. The summed E-state index contributed by atoms with van der Waals surface area (Å²) in [6.45, 7) is 4.22. The molecule has 2 aromatic rings. The van der Waals surface area contributed by atoms with Crippen LogP contribution in [0.1, 0.15) is 45.6 Å². The lowest BCUT2D eigenvalue weighted by Gasteiger charge is -2.63. The molecule has 4 fully saturated rings. The van der Waals surface area contributed by atoms with Gasteiger partial charge in [-0.25, -0.2) is 8.78 Å². The first kappa shape index (κ1) is 31.7. The molecule has 0 radical (unpaired) electrons. The second-order valence-electron chi connectivity index (χ2n) is 14.0. The summed E-state index contributed by atoms with van der Waals surface area (Å²) in [5, 5.41) is 25.1. The molecular formula is C36H39F2NO6S. The number of ketones is 2. The number of aliphatic hydroxyl groups is 2. The first-order chi connectivity index (χ1) is 21.8. The Morgan fingerprint density at radius 1 is 1.04 bits per heavy atom. The number of ether oxygens (including phenoxy) is 2. The summed E-state index contributed by atoms with van der Waals surface area (Å²) in [5.41, 5.74) is -5.00. The predicted octanol–water partition coefficient (Wildman–Crippen LogP) is 5.70. The number of halogens is 2. The van der Waals surface area contributed by atoms with Crippen LogP contribution in [0.4, 0.5) is 14.5 Å². The topological polar surface area (TPSA) is 105 Å². The molecule has 2 aromatic carbocycles. The molecule has 4 aliphatic carbocycles. The third kappa shape index (κ3) is 4.09. The molecule has 10 atom stereocenters. The number of allylic oxidation sites excluding steroid dienone is 4. The molecule has 5 aliphatic rings. The van der Waals surface area contributed by atoms with E-state index in [9.17, 15) is 19.8 Å². The van der Waals surface area contributed by atoms with E-state index in [-0.39, 0.29) is 24.8 Å². The number of Topliss-reactive ketones (excluding diaryl/α,β-unsaturated/α-hetero) is 1. The van der Waals surface area contributed by atoms with Gasteiger partial charge in [0, 0.05) is 44.8 Å². The molecule has 0 unspecified atom stereocenters. The lowest BCUT2D eigenvalue weighted by Crippen LogP contribution is -2.71. The predicted molar refractivity (Wildman–Crippen MR) is 169 cm³/mol. The van der Waals surface area contributed by atoms with Gasteiger partial charge >= 0.3 is 0 Å². The molecule has 244 valence electrons. The summed E-state index contributed by atoms with van der Waals surface area (Å²) >= 11 is 1.60. The molecule has 0 amide bonds. The summed E-state index contributed by atoms with van der Waals surface area (Å²) in [6, 6.07) is 15.7. The highest BCUT2D eigenvalue weighted by Gasteiger charge is 2.81. The molecular weight excluding hydrogens is 612 g/mol. The normalized spacial score (nSPS) is 42.5. The standard InChI is InChI=1S/C36H39F2NO6S/c1-32-14-13-22(41)15-27(32)28(37)16-26-25-17-31-36(30(43)19-40,33(25,2)18-29(42)35(26,32)38)45-34(3,44-31)20-5-9-23(10-6-20)46-24-11-7-21(39-4)8-12-24/h5-15,25-26,28-29,31,39-40,42H,16-19H2,1-4H3/t25-,26-,28-,29-,31+,32-,33-,34+,35-,36+/m0/s1. The van der Waals surface area contributed by atoms with Crippen molar-refractivity contribution in [3.05, 3.63) is 77.9 Å². The monoisotopic (exact) mass is 651 g/mol. The maximum Gasteiger partial charge on any atom is 0.193 e. The van der Waals surface area contributed by atoms with Crippen LogP contribution in [0.5, 0.6) is 0 Å². The molecule has 0 bridgehead atoms. The second kappa shape index (κ2) is 10.6. The number of hydrogen-bond donors (Lipinski definition) is 3. The number of alkyl halides is 2. The maximum atomic E-state index is 17.6. The number of rotatable bonds is 6. The zero-order valence-corrected chi connectivity index (χ0v) is 27.1. The van der Waals surface area contributed by atoms with Crippen LogP contribution in [0.15, 0.2) is 82.1 Å². The van der Waals surface area contributed by atoms with Crippen LogP contribution >= 0.6 is 11.8 Å². The summed E-state index contributed by atoms with van der Waals surface area (Å²) in [7, 11) is 1.87. The van der Waals surface area contributed by atoms with Gasteiger partial charge in [-0.3, -0.25) is 9.59 Å². The van der Waals surface area contributed by atoms with Crippen LogP contribution in [0.2, 0.25) is 0 Å². The van der Waals surface area contributed by atoms with Crippen molar-refractivity contribution < 1.29 is 38.1 Å². The fraction of sp³-hybridized carbons (Fsp3) is 0.500. The molecule has 7 rings (SSSR count). The average molecular weight is 652 g/mol. The molecule has 46 heavy (non-hydrogen) atoms. The zero-order valence-electron chi connectivity index (χ0n) is 26.3. The molecule has 0 spiro atoms.